The fourth-order valence-corrected chi connectivity index (χ4v) is 5.79. The van der Waals surface area contributed by atoms with Crippen LogP contribution in [-0.2, 0) is 6.42 Å². The molecule has 0 amide bonds. The number of imidazole rings is 1. The molecule has 2 aliphatic heterocycles. The second kappa shape index (κ2) is 8.48. The molecular weight excluding hydrogens is 404 g/mol. The van der Waals surface area contributed by atoms with Crippen molar-refractivity contribution in [1.82, 2.24) is 14.9 Å². The van der Waals surface area contributed by atoms with E-state index in [9.17, 15) is 0 Å². The van der Waals surface area contributed by atoms with Gasteiger partial charge < -0.3 is 14.8 Å². The summed E-state index contributed by atoms with van der Waals surface area (Å²) in [4.78, 5) is 13.4. The smallest absolute Gasteiger partial charge is 0.140 e. The molecule has 0 unspecified atom stereocenters. The monoisotopic (exact) mass is 436 g/mol. The number of hydrogen-bond donors (Lipinski definition) is 1. The highest BCUT2D eigenvalue weighted by atomic mass is 35.5. The molecule has 0 saturated carbocycles. The number of nitrogens with one attached hydrogen (secondary N) is 1. The Kier molecular flexibility index (Phi) is 5.70. The van der Waals surface area contributed by atoms with Crippen LogP contribution < -0.4 is 4.90 Å². The summed E-state index contributed by atoms with van der Waals surface area (Å²) in [6.07, 6.45) is 6.37. The van der Waals surface area contributed by atoms with Crippen molar-refractivity contribution in [2.24, 2.45) is 5.92 Å². The van der Waals surface area contributed by atoms with E-state index in [2.05, 4.69) is 59.9 Å². The number of benzene rings is 2. The molecule has 3 heterocycles. The summed E-state index contributed by atoms with van der Waals surface area (Å²) in [6, 6.07) is 8.74. The molecular formula is C26H33ClN4. The minimum absolute atomic E-state index is 0.865. The normalized spacial score (nSPS) is 17.6. The number of likely N-dealkylation sites (tertiary alicyclic amines) is 1. The molecule has 31 heavy (non-hydrogen) atoms. The van der Waals surface area contributed by atoms with Crippen LogP contribution in [0.2, 0.25) is 5.02 Å². The van der Waals surface area contributed by atoms with Crippen molar-refractivity contribution in [3.05, 3.63) is 46.0 Å². The SMILES string of the molecule is Cc1cc(C)c2nc(-c3ccc4c(c3Cl)CCN4CCCC3CCN(C)CC3)[nH]c2c1. The maximum Gasteiger partial charge on any atom is 0.140 e. The molecule has 1 N–H and O–H groups in total. The Morgan fingerprint density at radius 3 is 2.74 bits per heavy atom. The van der Waals surface area contributed by atoms with E-state index >= 15 is 0 Å². The third-order valence-electron chi connectivity index (χ3n) is 7.25. The molecule has 5 heteroatoms. The third-order valence-corrected chi connectivity index (χ3v) is 7.68. The molecule has 4 nitrogen and oxygen atoms in total. The Hall–Kier alpha value is -2.04. The lowest BCUT2D eigenvalue weighted by Gasteiger charge is -2.29. The van der Waals surface area contributed by atoms with Crippen LogP contribution in [0, 0.1) is 19.8 Å². The number of H-pyrrole nitrogens is 1. The minimum Gasteiger partial charge on any atom is -0.371 e. The first-order valence-electron chi connectivity index (χ1n) is 11.7. The van der Waals surface area contributed by atoms with Gasteiger partial charge in [0, 0.05) is 24.3 Å². The lowest BCUT2D eigenvalue weighted by Crippen LogP contribution is -2.30. The molecule has 0 bridgehead atoms. The van der Waals surface area contributed by atoms with Gasteiger partial charge in [-0.15, -0.1) is 0 Å². The van der Waals surface area contributed by atoms with Gasteiger partial charge in [0.2, 0.25) is 0 Å². The van der Waals surface area contributed by atoms with Crippen LogP contribution in [0.25, 0.3) is 22.4 Å². The maximum atomic E-state index is 6.93. The van der Waals surface area contributed by atoms with E-state index in [0.717, 1.165) is 52.9 Å². The molecule has 1 fully saturated rings. The number of hydrogen-bond acceptors (Lipinski definition) is 3. The first-order chi connectivity index (χ1) is 15.0. The number of nitrogens with zero attached hydrogens (tertiary/aromatic N) is 3. The topological polar surface area (TPSA) is 35.2 Å². The average Bonchev–Trinajstić information content (AvgIpc) is 3.35. The van der Waals surface area contributed by atoms with E-state index in [4.69, 9.17) is 16.6 Å². The van der Waals surface area contributed by atoms with Crippen molar-refractivity contribution < 1.29 is 0 Å². The van der Waals surface area contributed by atoms with Gasteiger partial charge in [-0.05, 0) is 107 Å². The number of aromatic nitrogens is 2. The number of piperidine rings is 1. The van der Waals surface area contributed by atoms with Crippen molar-refractivity contribution in [3.63, 3.8) is 0 Å². The van der Waals surface area contributed by atoms with Crippen LogP contribution in [0.15, 0.2) is 24.3 Å². The highest BCUT2D eigenvalue weighted by Crippen LogP contribution is 2.40. The number of aromatic amines is 1. The van der Waals surface area contributed by atoms with Crippen LogP contribution in [0.3, 0.4) is 0 Å². The zero-order valence-electron chi connectivity index (χ0n) is 19.0. The maximum absolute atomic E-state index is 6.93. The Bertz CT molecular complexity index is 1090. The number of aryl methyl sites for hydroxylation is 2. The second-order valence-corrected chi connectivity index (χ2v) is 9.99. The second-order valence-electron chi connectivity index (χ2n) is 9.61. The van der Waals surface area contributed by atoms with Crippen LogP contribution in [0.1, 0.15) is 42.4 Å². The van der Waals surface area contributed by atoms with Gasteiger partial charge in [0.05, 0.1) is 16.1 Å². The number of halogens is 1. The predicted molar refractivity (Wildman–Crippen MR) is 131 cm³/mol. The van der Waals surface area contributed by atoms with E-state index in [1.54, 1.807) is 0 Å². The molecule has 0 spiro atoms. The average molecular weight is 437 g/mol. The van der Waals surface area contributed by atoms with Gasteiger partial charge in [-0.1, -0.05) is 17.7 Å². The summed E-state index contributed by atoms with van der Waals surface area (Å²) in [5.74, 6) is 1.78. The predicted octanol–water partition coefficient (Wildman–Crippen LogP) is 5.98. The minimum atomic E-state index is 0.865. The van der Waals surface area contributed by atoms with Gasteiger partial charge in [-0.3, -0.25) is 0 Å². The summed E-state index contributed by atoms with van der Waals surface area (Å²) in [6.45, 7) is 8.97. The fourth-order valence-electron chi connectivity index (χ4n) is 5.45. The molecule has 2 aromatic carbocycles. The Balaban J connectivity index is 1.31. The third kappa shape index (κ3) is 4.08. The lowest BCUT2D eigenvalue weighted by atomic mass is 9.92. The van der Waals surface area contributed by atoms with E-state index in [-0.39, 0.29) is 0 Å². The first kappa shape index (κ1) is 20.8. The van der Waals surface area contributed by atoms with Crippen LogP contribution in [0.4, 0.5) is 5.69 Å². The first-order valence-corrected chi connectivity index (χ1v) is 12.1. The Labute approximate surface area is 190 Å². The summed E-state index contributed by atoms with van der Waals surface area (Å²) in [7, 11) is 2.24. The van der Waals surface area contributed by atoms with E-state index < -0.39 is 0 Å². The Morgan fingerprint density at radius 1 is 1.13 bits per heavy atom. The summed E-state index contributed by atoms with van der Waals surface area (Å²) < 4.78 is 0. The summed E-state index contributed by atoms with van der Waals surface area (Å²) >= 11 is 6.93. The largest absolute Gasteiger partial charge is 0.371 e. The van der Waals surface area contributed by atoms with Crippen molar-refractivity contribution in [1.29, 1.82) is 0 Å². The fraction of sp³-hybridized carbons (Fsp3) is 0.500. The molecule has 2 aliphatic rings. The molecule has 0 radical (unpaired) electrons. The molecule has 0 aliphatic carbocycles. The van der Waals surface area contributed by atoms with E-state index in [1.807, 2.05) is 0 Å². The summed E-state index contributed by atoms with van der Waals surface area (Å²) in [5.41, 5.74) is 8.18. The molecule has 164 valence electrons. The number of rotatable bonds is 5. The van der Waals surface area contributed by atoms with Crippen LogP contribution in [-0.4, -0.2) is 48.1 Å². The van der Waals surface area contributed by atoms with Crippen molar-refractivity contribution in [3.8, 4) is 11.4 Å². The van der Waals surface area contributed by atoms with E-state index in [0.29, 0.717) is 0 Å². The summed E-state index contributed by atoms with van der Waals surface area (Å²) in [5, 5.41) is 0.865. The quantitative estimate of drug-likeness (QED) is 0.533. The van der Waals surface area contributed by atoms with Crippen LogP contribution >= 0.6 is 11.6 Å². The van der Waals surface area contributed by atoms with Crippen LogP contribution in [0.5, 0.6) is 0 Å². The molecule has 0 atom stereocenters. The van der Waals surface area contributed by atoms with Crippen molar-refractivity contribution in [2.75, 3.05) is 38.1 Å². The molecule has 5 rings (SSSR count). The molecule has 1 aromatic heterocycles. The number of anilines is 1. The van der Waals surface area contributed by atoms with Gasteiger partial charge in [0.25, 0.3) is 0 Å². The van der Waals surface area contributed by atoms with Gasteiger partial charge in [-0.25, -0.2) is 4.98 Å². The Morgan fingerprint density at radius 2 is 1.94 bits per heavy atom. The van der Waals surface area contributed by atoms with Crippen molar-refractivity contribution in [2.45, 2.75) is 46.0 Å². The number of fused-ring (bicyclic) bond motifs is 2. The van der Waals surface area contributed by atoms with E-state index in [1.165, 1.54) is 61.2 Å². The van der Waals surface area contributed by atoms with Gasteiger partial charge in [0.1, 0.15) is 5.82 Å². The zero-order valence-corrected chi connectivity index (χ0v) is 19.7. The molecule has 3 aromatic rings. The van der Waals surface area contributed by atoms with Crippen molar-refractivity contribution >= 4 is 28.3 Å². The van der Waals surface area contributed by atoms with Gasteiger partial charge in [0.15, 0.2) is 0 Å². The highest BCUT2D eigenvalue weighted by molar-refractivity contribution is 6.34. The zero-order chi connectivity index (χ0) is 21.5. The highest BCUT2D eigenvalue weighted by Gasteiger charge is 2.25. The van der Waals surface area contributed by atoms with Gasteiger partial charge >= 0.3 is 0 Å². The lowest BCUT2D eigenvalue weighted by molar-refractivity contribution is 0.211. The van der Waals surface area contributed by atoms with Gasteiger partial charge in [-0.2, -0.15) is 0 Å². The standard InChI is InChI=1S/C26H33ClN4/c1-17-15-18(2)25-22(16-17)28-26(29-25)21-6-7-23-20(24(21)27)10-14-31(23)11-4-5-19-8-12-30(3)13-9-19/h6-7,15-16,19H,4-5,8-14H2,1-3H3,(H,28,29). The molecule has 1 saturated heterocycles.